The van der Waals surface area contributed by atoms with Crippen molar-refractivity contribution in [2.75, 3.05) is 238 Å². The van der Waals surface area contributed by atoms with Crippen molar-refractivity contribution in [3.63, 3.8) is 0 Å². The first kappa shape index (κ1) is 74.4. The second-order valence-corrected chi connectivity index (χ2v) is 21.2. The van der Waals surface area contributed by atoms with Crippen LogP contribution in [-0.2, 0) is 85.3 Å². The van der Waals surface area contributed by atoms with Gasteiger partial charge in [-0.2, -0.15) is 0 Å². The lowest BCUT2D eigenvalue weighted by molar-refractivity contribution is -0.0590. The van der Waals surface area contributed by atoms with Crippen molar-refractivity contribution in [1.82, 2.24) is 16.0 Å². The number of carbonyl (C=O) groups is 3. The highest BCUT2D eigenvalue weighted by atomic mass is 16.6. The van der Waals surface area contributed by atoms with E-state index in [1.165, 1.54) is 18.2 Å². The van der Waals surface area contributed by atoms with Gasteiger partial charge in [0.1, 0.15) is 17.2 Å². The molecule has 3 amide bonds. The lowest BCUT2D eigenvalue weighted by Gasteiger charge is -2.20. The number of rotatable bonds is 12. The van der Waals surface area contributed by atoms with Crippen LogP contribution in [0.3, 0.4) is 0 Å². The minimum absolute atomic E-state index is 0.0184. The fourth-order valence-corrected chi connectivity index (χ4v) is 9.33. The van der Waals surface area contributed by atoms with Crippen molar-refractivity contribution in [2.24, 2.45) is 0 Å². The van der Waals surface area contributed by atoms with Crippen molar-refractivity contribution in [3.8, 4) is 50.6 Å². The van der Waals surface area contributed by atoms with Gasteiger partial charge in [0.25, 0.3) is 17.7 Å². The molecule has 0 saturated carbocycles. The Labute approximate surface area is 542 Å². The van der Waals surface area contributed by atoms with E-state index in [0.717, 1.165) is 0 Å². The lowest BCUT2D eigenvalue weighted by atomic mass is 9.91. The van der Waals surface area contributed by atoms with Crippen LogP contribution in [0.2, 0.25) is 0 Å². The van der Waals surface area contributed by atoms with Gasteiger partial charge < -0.3 is 117 Å². The lowest BCUT2D eigenvalue weighted by Crippen LogP contribution is -2.37. The molecule has 3 aliphatic heterocycles. The van der Waals surface area contributed by atoms with Crippen LogP contribution < -0.4 is 16.0 Å². The predicted octanol–water partition coefficient (Wildman–Crippen LogP) is 3.44. The van der Waals surface area contributed by atoms with Crippen molar-refractivity contribution < 1.29 is 115 Å². The van der Waals surface area contributed by atoms with E-state index in [9.17, 15) is 29.7 Å². The number of hydrogen-bond donors (Lipinski definition) is 6. The second kappa shape index (κ2) is 45.4. The van der Waals surface area contributed by atoms with Gasteiger partial charge in [0.05, 0.1) is 253 Å². The van der Waals surface area contributed by atoms with E-state index >= 15 is 0 Å². The molecule has 0 aromatic heterocycles. The summed E-state index contributed by atoms with van der Waals surface area (Å²) in [6.07, 6.45) is -1.78. The van der Waals surface area contributed by atoms with Crippen molar-refractivity contribution in [1.29, 1.82) is 0 Å². The average molecular weight is 1310 g/mol. The number of aromatic hydroxyl groups is 3. The van der Waals surface area contributed by atoms with Gasteiger partial charge in [-0.1, -0.05) is 18.2 Å². The molecule has 7 rings (SSSR count). The summed E-state index contributed by atoms with van der Waals surface area (Å²) in [5.74, 6) is -2.66. The molecular weight excluding hydrogens is 1220 g/mol. The van der Waals surface area contributed by atoms with Gasteiger partial charge in [0, 0.05) is 19.6 Å². The van der Waals surface area contributed by atoms with Crippen LogP contribution in [0.4, 0.5) is 0 Å². The van der Waals surface area contributed by atoms with Gasteiger partial charge in [0.2, 0.25) is 0 Å². The molecule has 4 aromatic carbocycles. The van der Waals surface area contributed by atoms with E-state index in [4.69, 9.17) is 85.3 Å². The molecule has 3 atom stereocenters. The van der Waals surface area contributed by atoms with E-state index in [1.807, 2.05) is 18.2 Å². The predicted molar refractivity (Wildman–Crippen MR) is 336 cm³/mol. The quantitative estimate of drug-likeness (QED) is 0.118. The molecule has 516 valence electrons. The molecule has 3 aliphatic rings. The van der Waals surface area contributed by atoms with Crippen LogP contribution in [0.15, 0.2) is 72.8 Å². The van der Waals surface area contributed by atoms with Gasteiger partial charge in [-0.05, 0) is 88.0 Å². The molecule has 0 radical (unpaired) electrons. The van der Waals surface area contributed by atoms with Crippen LogP contribution in [0.5, 0.6) is 17.2 Å². The summed E-state index contributed by atoms with van der Waals surface area (Å²) < 4.78 is 103. The standard InChI is InChI=1S/C66H93N3O24/c70-61-4-1-49(40-58(61)64(73)67-43-55-46-88-28-25-82-16-13-76-7-10-79-19-22-85-31-34-91-55)52-37-53(50-2-5-62(71)59(41-50)65(74)68-44-56-47-89-29-26-83-17-14-77-8-11-80-20-23-86-32-35-92-56)39-54(38-52)51-3-6-63(72)60(42-51)66(75)69-45-57-48-90-30-27-84-18-15-78-9-12-81-21-24-87-33-36-93-57/h1-6,37-42,55-57,70-72H,7-36,43-48H2,(H,67,73)(H,68,74)(H,69,75). The molecule has 4 aromatic rings. The first-order chi connectivity index (χ1) is 45.7. The van der Waals surface area contributed by atoms with Gasteiger partial charge in [-0.25, -0.2) is 0 Å². The minimum atomic E-state index is -0.596. The summed E-state index contributed by atoms with van der Waals surface area (Å²) in [6, 6.07) is 19.3. The Morgan fingerprint density at radius 3 is 0.677 bits per heavy atom. The van der Waals surface area contributed by atoms with Crippen LogP contribution >= 0.6 is 0 Å². The SMILES string of the molecule is O=C(NCC1COCCOCCOCCOCCOCCO1)c1cc(-c2cc(-c3ccc(O)c(C(=O)NCC4COCCOCCOCCOCCOCCO4)c3)cc(-c3ccc(O)c(C(=O)NCC4COCCOCCOCCOCCOCCO4)c3)c2)ccc1O. The third-order valence-electron chi connectivity index (χ3n) is 14.2. The Morgan fingerprint density at radius 2 is 0.462 bits per heavy atom. The molecule has 27 nitrogen and oxygen atoms in total. The Morgan fingerprint density at radius 1 is 0.269 bits per heavy atom. The summed E-state index contributed by atoms with van der Waals surface area (Å²) in [4.78, 5) is 42.3. The maximum absolute atomic E-state index is 14.1. The Balaban J connectivity index is 1.12. The van der Waals surface area contributed by atoms with Crippen molar-refractivity contribution in [2.45, 2.75) is 18.3 Å². The molecule has 0 bridgehead atoms. The van der Waals surface area contributed by atoms with E-state index < -0.39 is 36.0 Å². The van der Waals surface area contributed by atoms with Gasteiger partial charge in [-0.15, -0.1) is 0 Å². The fraction of sp³-hybridized carbons (Fsp3) is 0.591. The number of carbonyl (C=O) groups excluding carboxylic acids is 3. The molecule has 3 heterocycles. The number of ether oxygens (including phenoxy) is 18. The number of phenolic OH excluding ortho intramolecular Hbond substituents is 3. The van der Waals surface area contributed by atoms with Crippen molar-refractivity contribution >= 4 is 17.7 Å². The smallest absolute Gasteiger partial charge is 0.255 e. The molecule has 3 saturated heterocycles. The number of amides is 3. The number of phenols is 3. The van der Waals surface area contributed by atoms with E-state index in [0.29, 0.717) is 172 Å². The molecule has 27 heteroatoms. The van der Waals surface area contributed by atoms with Crippen LogP contribution in [-0.4, -0.2) is 289 Å². The summed E-state index contributed by atoms with van der Waals surface area (Å²) in [7, 11) is 0. The Bertz CT molecular complexity index is 2410. The zero-order chi connectivity index (χ0) is 65.2. The normalized spacial score (nSPS) is 21.4. The molecule has 3 unspecified atom stereocenters. The number of nitrogens with one attached hydrogen (secondary N) is 3. The highest BCUT2D eigenvalue weighted by Crippen LogP contribution is 2.37. The molecule has 3 fully saturated rings. The van der Waals surface area contributed by atoms with Gasteiger partial charge in [-0.3, -0.25) is 14.4 Å². The Hall–Kier alpha value is -6.03. The largest absolute Gasteiger partial charge is 0.507 e. The number of hydrogen-bond acceptors (Lipinski definition) is 24. The van der Waals surface area contributed by atoms with Crippen molar-refractivity contribution in [3.05, 3.63) is 89.5 Å². The topological polar surface area (TPSA) is 314 Å². The molecule has 6 N–H and O–H groups in total. The minimum Gasteiger partial charge on any atom is -0.507 e. The first-order valence-electron chi connectivity index (χ1n) is 31.7. The second-order valence-electron chi connectivity index (χ2n) is 21.2. The zero-order valence-corrected chi connectivity index (χ0v) is 53.0. The third kappa shape index (κ3) is 29.2. The number of benzene rings is 4. The zero-order valence-electron chi connectivity index (χ0n) is 53.0. The fourth-order valence-electron chi connectivity index (χ4n) is 9.33. The van der Waals surface area contributed by atoms with Crippen LogP contribution in [0.25, 0.3) is 33.4 Å². The monoisotopic (exact) mass is 1310 g/mol. The highest BCUT2D eigenvalue weighted by Gasteiger charge is 2.22. The van der Waals surface area contributed by atoms with E-state index in [-0.39, 0.29) is 133 Å². The average Bonchev–Trinajstić information content (AvgIpc) is 0.926. The highest BCUT2D eigenvalue weighted by molar-refractivity contribution is 6.00. The maximum atomic E-state index is 14.1. The van der Waals surface area contributed by atoms with E-state index in [2.05, 4.69) is 16.0 Å². The molecule has 0 aliphatic carbocycles. The first-order valence-corrected chi connectivity index (χ1v) is 31.7. The van der Waals surface area contributed by atoms with Crippen LogP contribution in [0.1, 0.15) is 31.1 Å². The van der Waals surface area contributed by atoms with Gasteiger partial charge >= 0.3 is 0 Å². The maximum Gasteiger partial charge on any atom is 0.255 e. The van der Waals surface area contributed by atoms with Gasteiger partial charge in [0.15, 0.2) is 0 Å². The molecule has 0 spiro atoms. The third-order valence-corrected chi connectivity index (χ3v) is 14.2. The summed E-state index contributed by atoms with van der Waals surface area (Å²) >= 11 is 0. The van der Waals surface area contributed by atoms with Crippen LogP contribution in [0, 0.1) is 0 Å². The summed E-state index contributed by atoms with van der Waals surface area (Å²) in [5, 5.41) is 42.4. The molecule has 93 heavy (non-hydrogen) atoms. The summed E-state index contributed by atoms with van der Waals surface area (Å²) in [6.45, 7) is 10.9. The molecular formula is C66H93N3O24. The Kier molecular flexibility index (Phi) is 36.3. The van der Waals surface area contributed by atoms with E-state index in [1.54, 1.807) is 36.4 Å². The summed E-state index contributed by atoms with van der Waals surface area (Å²) in [5.41, 5.74) is 3.02.